The molecule has 0 radical (unpaired) electrons. The van der Waals surface area contributed by atoms with Crippen molar-refractivity contribution >= 4 is 5.97 Å². The lowest BCUT2D eigenvalue weighted by Gasteiger charge is -2.14. The van der Waals surface area contributed by atoms with Crippen LogP contribution in [0.4, 0.5) is 0 Å². The van der Waals surface area contributed by atoms with Crippen LogP contribution < -0.4 is 5.32 Å². The van der Waals surface area contributed by atoms with Crippen LogP contribution in [-0.2, 0) is 6.54 Å². The van der Waals surface area contributed by atoms with E-state index in [1.165, 1.54) is 0 Å². The van der Waals surface area contributed by atoms with Gasteiger partial charge in [0.2, 0.25) is 0 Å². The molecule has 0 saturated heterocycles. The number of aromatic hydroxyl groups is 1. The molecule has 2 rings (SSSR count). The van der Waals surface area contributed by atoms with Gasteiger partial charge in [-0.2, -0.15) is 0 Å². The summed E-state index contributed by atoms with van der Waals surface area (Å²) in [6.45, 7) is 2.65. The molecule has 0 heterocycles. The molecule has 0 aliphatic rings. The summed E-state index contributed by atoms with van der Waals surface area (Å²) in [6.07, 6.45) is 0. The zero-order chi connectivity index (χ0) is 14.5. The summed E-state index contributed by atoms with van der Waals surface area (Å²) in [7, 11) is 0. The van der Waals surface area contributed by atoms with Crippen molar-refractivity contribution in [3.8, 4) is 5.75 Å². The Morgan fingerprint density at radius 1 is 1.20 bits per heavy atom. The fourth-order valence-corrected chi connectivity index (χ4v) is 1.95. The van der Waals surface area contributed by atoms with Gasteiger partial charge in [-0.3, -0.25) is 0 Å². The van der Waals surface area contributed by atoms with E-state index >= 15 is 0 Å². The van der Waals surface area contributed by atoms with Gasteiger partial charge in [-0.05, 0) is 42.3 Å². The highest BCUT2D eigenvalue weighted by atomic mass is 16.4. The molecule has 0 aliphatic heterocycles. The standard InChI is InChI=1S/C16H17NO3/c1-11(14-3-2-4-15(18)9-14)17-10-12-5-7-13(8-6-12)16(19)20/h2-9,11,17-18H,10H2,1H3,(H,19,20). The van der Waals surface area contributed by atoms with Crippen LogP contribution >= 0.6 is 0 Å². The van der Waals surface area contributed by atoms with Gasteiger partial charge in [-0.1, -0.05) is 24.3 Å². The number of aromatic carboxylic acids is 1. The van der Waals surface area contributed by atoms with Crippen molar-refractivity contribution in [2.24, 2.45) is 0 Å². The second-order valence-electron chi connectivity index (χ2n) is 4.70. The second kappa shape index (κ2) is 6.21. The van der Waals surface area contributed by atoms with Crippen LogP contribution in [0.3, 0.4) is 0 Å². The fourth-order valence-electron chi connectivity index (χ4n) is 1.95. The van der Waals surface area contributed by atoms with Crippen LogP contribution in [0, 0.1) is 0 Å². The number of nitrogens with one attached hydrogen (secondary N) is 1. The summed E-state index contributed by atoms with van der Waals surface area (Å²) in [5.41, 5.74) is 2.31. The Labute approximate surface area is 117 Å². The lowest BCUT2D eigenvalue weighted by molar-refractivity contribution is 0.0697. The van der Waals surface area contributed by atoms with E-state index < -0.39 is 5.97 Å². The maximum absolute atomic E-state index is 10.8. The third-order valence-electron chi connectivity index (χ3n) is 3.18. The van der Waals surface area contributed by atoms with Crippen LogP contribution in [0.2, 0.25) is 0 Å². The number of hydrogen-bond donors (Lipinski definition) is 3. The largest absolute Gasteiger partial charge is 0.508 e. The van der Waals surface area contributed by atoms with Gasteiger partial charge in [0.15, 0.2) is 0 Å². The zero-order valence-electron chi connectivity index (χ0n) is 11.2. The minimum absolute atomic E-state index is 0.0984. The first-order valence-corrected chi connectivity index (χ1v) is 6.41. The number of carbonyl (C=O) groups is 1. The predicted molar refractivity (Wildman–Crippen MR) is 76.8 cm³/mol. The monoisotopic (exact) mass is 271 g/mol. The topological polar surface area (TPSA) is 69.6 Å². The third-order valence-corrected chi connectivity index (χ3v) is 3.18. The molecule has 0 fully saturated rings. The molecular weight excluding hydrogens is 254 g/mol. The van der Waals surface area contributed by atoms with Gasteiger partial charge in [0.1, 0.15) is 5.75 Å². The Balaban J connectivity index is 1.96. The number of benzene rings is 2. The van der Waals surface area contributed by atoms with E-state index in [0.29, 0.717) is 6.54 Å². The van der Waals surface area contributed by atoms with Gasteiger partial charge in [-0.25, -0.2) is 4.79 Å². The average molecular weight is 271 g/mol. The molecule has 4 nitrogen and oxygen atoms in total. The molecule has 0 bridgehead atoms. The summed E-state index contributed by atoms with van der Waals surface area (Å²) in [5.74, 6) is -0.667. The Bertz CT molecular complexity index is 593. The summed E-state index contributed by atoms with van der Waals surface area (Å²) in [4.78, 5) is 10.8. The molecule has 2 aromatic carbocycles. The van der Waals surface area contributed by atoms with Gasteiger partial charge >= 0.3 is 5.97 Å². The van der Waals surface area contributed by atoms with E-state index in [-0.39, 0.29) is 17.4 Å². The molecule has 104 valence electrons. The molecule has 4 heteroatoms. The molecule has 0 aliphatic carbocycles. The van der Waals surface area contributed by atoms with Crippen molar-refractivity contribution in [1.82, 2.24) is 5.32 Å². The average Bonchev–Trinajstić information content (AvgIpc) is 2.45. The van der Waals surface area contributed by atoms with Gasteiger partial charge in [0, 0.05) is 12.6 Å². The smallest absolute Gasteiger partial charge is 0.335 e. The first kappa shape index (κ1) is 14.1. The normalized spacial score (nSPS) is 12.1. The number of hydrogen-bond acceptors (Lipinski definition) is 3. The molecule has 0 aromatic heterocycles. The van der Waals surface area contributed by atoms with E-state index in [9.17, 15) is 9.90 Å². The number of carboxylic acid groups (broad SMARTS) is 1. The quantitative estimate of drug-likeness (QED) is 0.782. The Kier molecular flexibility index (Phi) is 4.38. The van der Waals surface area contributed by atoms with Crippen LogP contribution in [0.1, 0.15) is 34.5 Å². The minimum atomic E-state index is -0.919. The molecule has 0 saturated carbocycles. The van der Waals surface area contributed by atoms with E-state index in [0.717, 1.165) is 11.1 Å². The van der Waals surface area contributed by atoms with Crippen molar-refractivity contribution < 1.29 is 15.0 Å². The predicted octanol–water partition coefficient (Wildman–Crippen LogP) is 2.94. The highest BCUT2D eigenvalue weighted by Gasteiger charge is 2.06. The highest BCUT2D eigenvalue weighted by Crippen LogP contribution is 2.18. The van der Waals surface area contributed by atoms with Crippen molar-refractivity contribution in [1.29, 1.82) is 0 Å². The first-order chi connectivity index (χ1) is 9.56. The van der Waals surface area contributed by atoms with Gasteiger partial charge in [0.25, 0.3) is 0 Å². The maximum Gasteiger partial charge on any atom is 0.335 e. The van der Waals surface area contributed by atoms with Crippen LogP contribution in [0.25, 0.3) is 0 Å². The van der Waals surface area contributed by atoms with Crippen LogP contribution in [0.15, 0.2) is 48.5 Å². The molecule has 1 atom stereocenters. The van der Waals surface area contributed by atoms with E-state index in [2.05, 4.69) is 5.32 Å². The molecule has 0 spiro atoms. The summed E-state index contributed by atoms with van der Waals surface area (Å²) in [6, 6.07) is 14.0. The Hall–Kier alpha value is -2.33. The molecule has 2 aromatic rings. The van der Waals surface area contributed by atoms with Crippen LogP contribution in [0.5, 0.6) is 5.75 Å². The second-order valence-corrected chi connectivity index (χ2v) is 4.70. The Morgan fingerprint density at radius 3 is 2.50 bits per heavy atom. The molecule has 1 unspecified atom stereocenters. The summed E-state index contributed by atoms with van der Waals surface area (Å²) < 4.78 is 0. The van der Waals surface area contributed by atoms with Crippen molar-refractivity contribution in [2.45, 2.75) is 19.5 Å². The lowest BCUT2D eigenvalue weighted by atomic mass is 10.1. The molecule has 3 N–H and O–H groups in total. The van der Waals surface area contributed by atoms with Gasteiger partial charge in [-0.15, -0.1) is 0 Å². The molecular formula is C16H17NO3. The summed E-state index contributed by atoms with van der Waals surface area (Å²) in [5, 5.41) is 21.6. The van der Waals surface area contributed by atoms with Gasteiger partial charge < -0.3 is 15.5 Å². The SMILES string of the molecule is CC(NCc1ccc(C(=O)O)cc1)c1cccc(O)c1. The Morgan fingerprint density at radius 2 is 1.90 bits per heavy atom. The third kappa shape index (κ3) is 3.59. The molecule has 20 heavy (non-hydrogen) atoms. The van der Waals surface area contributed by atoms with Crippen molar-refractivity contribution in [3.05, 3.63) is 65.2 Å². The molecule has 0 amide bonds. The van der Waals surface area contributed by atoms with Gasteiger partial charge in [0.05, 0.1) is 5.56 Å². The number of phenolic OH excluding ortho intramolecular Hbond substituents is 1. The number of rotatable bonds is 5. The van der Waals surface area contributed by atoms with Crippen molar-refractivity contribution in [3.63, 3.8) is 0 Å². The fraction of sp³-hybridized carbons (Fsp3) is 0.188. The van der Waals surface area contributed by atoms with Crippen molar-refractivity contribution in [2.75, 3.05) is 0 Å². The summed E-state index contributed by atoms with van der Waals surface area (Å²) >= 11 is 0. The van der Waals surface area contributed by atoms with Crippen LogP contribution in [-0.4, -0.2) is 16.2 Å². The number of carboxylic acids is 1. The first-order valence-electron chi connectivity index (χ1n) is 6.41. The van der Waals surface area contributed by atoms with E-state index in [1.54, 1.807) is 36.4 Å². The van der Waals surface area contributed by atoms with E-state index in [1.807, 2.05) is 19.1 Å². The maximum atomic E-state index is 10.8. The lowest BCUT2D eigenvalue weighted by Crippen LogP contribution is -2.18. The number of phenols is 1. The minimum Gasteiger partial charge on any atom is -0.508 e. The van der Waals surface area contributed by atoms with E-state index in [4.69, 9.17) is 5.11 Å². The zero-order valence-corrected chi connectivity index (χ0v) is 11.2. The highest BCUT2D eigenvalue weighted by molar-refractivity contribution is 5.87.